The van der Waals surface area contributed by atoms with Gasteiger partial charge in [0, 0.05) is 39.3 Å². The van der Waals surface area contributed by atoms with Gasteiger partial charge in [-0.25, -0.2) is 0 Å². The van der Waals surface area contributed by atoms with Gasteiger partial charge >= 0.3 is 0 Å². The van der Waals surface area contributed by atoms with Crippen molar-refractivity contribution in [2.24, 2.45) is 0 Å². The molecule has 0 aromatic carbocycles. The fraction of sp³-hybridized carbons (Fsp3) is 0.818. The Morgan fingerprint density at radius 2 is 2.08 bits per heavy atom. The van der Waals surface area contributed by atoms with Crippen LogP contribution >= 0.6 is 0 Å². The van der Waals surface area contributed by atoms with Crippen LogP contribution in [-0.4, -0.2) is 13.2 Å². The zero-order chi connectivity index (χ0) is 8.81. The molecule has 2 heteroatoms. The van der Waals surface area contributed by atoms with Gasteiger partial charge in [-0.15, -0.1) is 0 Å². The van der Waals surface area contributed by atoms with E-state index >= 15 is 0 Å². The quantitative estimate of drug-likeness (QED) is 0.543. The van der Waals surface area contributed by atoms with E-state index in [1.54, 1.807) is 11.8 Å². The standard InChI is InChI=1S/C11H20O.Y/c1-10(2)5-3-4-6-11-7-8-12-9-11;/h3-9H2,1-2H3;/q-2;. The van der Waals surface area contributed by atoms with Gasteiger partial charge in [0.1, 0.15) is 0 Å². The summed E-state index contributed by atoms with van der Waals surface area (Å²) in [6.45, 7) is 6.33. The number of ether oxygens (including phenoxy) is 1. The molecule has 0 aromatic rings. The molecular weight excluding hydrogens is 237 g/mol. The molecule has 0 amide bonds. The van der Waals surface area contributed by atoms with E-state index in [0.29, 0.717) is 0 Å². The second kappa shape index (κ2) is 8.38. The monoisotopic (exact) mass is 257 g/mol. The van der Waals surface area contributed by atoms with Crippen molar-refractivity contribution in [2.45, 2.75) is 46.0 Å². The second-order valence-corrected chi connectivity index (χ2v) is 3.97. The Labute approximate surface area is 108 Å². The first kappa shape index (κ1) is 14.1. The molecule has 0 N–H and O–H groups in total. The molecular formula is C11H20OY-2. The minimum absolute atomic E-state index is 0. The molecule has 1 nitrogen and oxygen atoms in total. The van der Waals surface area contributed by atoms with Crippen molar-refractivity contribution in [3.8, 4) is 0 Å². The van der Waals surface area contributed by atoms with E-state index in [4.69, 9.17) is 4.74 Å². The van der Waals surface area contributed by atoms with Crippen LogP contribution in [0.1, 0.15) is 46.0 Å². The third-order valence-corrected chi connectivity index (χ3v) is 2.36. The van der Waals surface area contributed by atoms with Crippen LogP contribution in [0.5, 0.6) is 0 Å². The predicted octanol–water partition coefficient (Wildman–Crippen LogP) is 3.15. The fourth-order valence-corrected chi connectivity index (χ4v) is 1.56. The maximum Gasteiger partial charge on any atom is 0.0164 e. The molecule has 1 aliphatic heterocycles. The summed E-state index contributed by atoms with van der Waals surface area (Å²) < 4.78 is 5.29. The van der Waals surface area contributed by atoms with E-state index in [-0.39, 0.29) is 32.7 Å². The van der Waals surface area contributed by atoms with Gasteiger partial charge in [0.15, 0.2) is 0 Å². The van der Waals surface area contributed by atoms with Crippen molar-refractivity contribution >= 4 is 0 Å². The summed E-state index contributed by atoms with van der Waals surface area (Å²) >= 11 is 0. The van der Waals surface area contributed by atoms with Crippen LogP contribution in [0.3, 0.4) is 0 Å². The van der Waals surface area contributed by atoms with E-state index < -0.39 is 0 Å². The van der Waals surface area contributed by atoms with E-state index in [2.05, 4.69) is 13.8 Å². The molecule has 1 saturated heterocycles. The van der Waals surface area contributed by atoms with Gasteiger partial charge < -0.3 is 10.7 Å². The molecule has 1 radical (unpaired) electrons. The topological polar surface area (TPSA) is 9.23 Å². The third kappa shape index (κ3) is 7.05. The SMILES string of the molecule is C[C-](C)CCCC[C-]1CCOC1.[Y]. The predicted molar refractivity (Wildman–Crippen MR) is 51.7 cm³/mol. The van der Waals surface area contributed by atoms with Crippen LogP contribution in [0.4, 0.5) is 0 Å². The first-order valence-corrected chi connectivity index (χ1v) is 4.99. The van der Waals surface area contributed by atoms with Gasteiger partial charge in [-0.2, -0.15) is 33.1 Å². The van der Waals surface area contributed by atoms with E-state index in [1.807, 2.05) is 0 Å². The minimum Gasteiger partial charge on any atom is -0.416 e. The van der Waals surface area contributed by atoms with Crippen molar-refractivity contribution in [1.29, 1.82) is 0 Å². The summed E-state index contributed by atoms with van der Waals surface area (Å²) in [5.41, 5.74) is 0. The zero-order valence-electron chi connectivity index (χ0n) is 8.94. The van der Waals surface area contributed by atoms with Crippen molar-refractivity contribution in [3.63, 3.8) is 0 Å². The largest absolute Gasteiger partial charge is 0.416 e. The molecule has 0 aliphatic carbocycles. The van der Waals surface area contributed by atoms with Crippen LogP contribution in [0.15, 0.2) is 0 Å². The Morgan fingerprint density at radius 3 is 2.62 bits per heavy atom. The molecule has 1 rings (SSSR count). The molecule has 0 saturated carbocycles. The molecule has 0 spiro atoms. The first-order chi connectivity index (χ1) is 5.79. The Kier molecular flexibility index (Phi) is 9.06. The van der Waals surface area contributed by atoms with Gasteiger partial charge in [0.05, 0.1) is 0 Å². The Hall–Kier alpha value is 1.06. The van der Waals surface area contributed by atoms with Crippen molar-refractivity contribution in [2.75, 3.05) is 13.2 Å². The van der Waals surface area contributed by atoms with Gasteiger partial charge in [-0.1, -0.05) is 19.4 Å². The summed E-state index contributed by atoms with van der Waals surface area (Å²) in [4.78, 5) is 0. The molecule has 13 heavy (non-hydrogen) atoms. The van der Waals surface area contributed by atoms with Gasteiger partial charge in [0.25, 0.3) is 0 Å². The van der Waals surface area contributed by atoms with Gasteiger partial charge in [0.2, 0.25) is 0 Å². The van der Waals surface area contributed by atoms with Crippen LogP contribution in [0, 0.1) is 11.8 Å². The fourth-order valence-electron chi connectivity index (χ4n) is 1.56. The van der Waals surface area contributed by atoms with Crippen molar-refractivity contribution < 1.29 is 37.4 Å². The molecule has 1 aliphatic rings. The van der Waals surface area contributed by atoms with E-state index in [0.717, 1.165) is 13.2 Å². The second-order valence-electron chi connectivity index (χ2n) is 3.97. The van der Waals surface area contributed by atoms with Gasteiger partial charge in [-0.05, 0) is 0 Å². The summed E-state index contributed by atoms with van der Waals surface area (Å²) in [7, 11) is 0. The van der Waals surface area contributed by atoms with Crippen molar-refractivity contribution in [1.82, 2.24) is 0 Å². The maximum absolute atomic E-state index is 5.29. The zero-order valence-corrected chi connectivity index (χ0v) is 11.8. The molecule has 1 heterocycles. The Bertz CT molecular complexity index is 109. The maximum atomic E-state index is 5.29. The normalized spacial score (nSPS) is 17.8. The van der Waals surface area contributed by atoms with Crippen molar-refractivity contribution in [3.05, 3.63) is 11.8 Å². The molecule has 1 fully saturated rings. The molecule has 0 unspecified atom stereocenters. The Balaban J connectivity index is 0.00000144. The smallest absolute Gasteiger partial charge is 0.0164 e. The molecule has 75 valence electrons. The summed E-state index contributed by atoms with van der Waals surface area (Å²) in [5, 5.41) is 0. The number of unbranched alkanes of at least 4 members (excludes halogenated alkanes) is 1. The number of rotatable bonds is 5. The average Bonchev–Trinajstić information content (AvgIpc) is 2.49. The minimum atomic E-state index is 0. The molecule has 0 aromatic heterocycles. The molecule has 0 bridgehead atoms. The average molecular weight is 257 g/mol. The summed E-state index contributed by atoms with van der Waals surface area (Å²) in [6.07, 6.45) is 6.52. The van der Waals surface area contributed by atoms with E-state index in [1.165, 1.54) is 32.1 Å². The summed E-state index contributed by atoms with van der Waals surface area (Å²) in [5.74, 6) is 3.19. The van der Waals surface area contributed by atoms with Crippen LogP contribution < -0.4 is 0 Å². The first-order valence-electron chi connectivity index (χ1n) is 4.99. The number of hydrogen-bond acceptors (Lipinski definition) is 1. The number of hydrogen-bond donors (Lipinski definition) is 0. The molecule has 0 atom stereocenters. The van der Waals surface area contributed by atoms with Crippen LogP contribution in [-0.2, 0) is 37.4 Å². The third-order valence-electron chi connectivity index (χ3n) is 2.36. The van der Waals surface area contributed by atoms with Gasteiger partial charge in [-0.3, -0.25) is 5.92 Å². The Morgan fingerprint density at radius 1 is 1.31 bits per heavy atom. The van der Waals surface area contributed by atoms with Crippen LogP contribution in [0.25, 0.3) is 0 Å². The van der Waals surface area contributed by atoms with Crippen LogP contribution in [0.2, 0.25) is 0 Å². The summed E-state index contributed by atoms with van der Waals surface area (Å²) in [6, 6.07) is 0. The van der Waals surface area contributed by atoms with E-state index in [9.17, 15) is 0 Å².